The minimum atomic E-state index is -0.665. The maximum Gasteiger partial charge on any atom is 0.277 e. The Kier molecular flexibility index (Phi) is 6.45. The maximum absolute atomic E-state index is 12.7. The first kappa shape index (κ1) is 20.3. The number of rotatable bonds is 6. The SMILES string of the molecule is COc1ccc(CC(=O)N2CCN(c3ncc(C(=O)NO)cn3)CC2)cc1OC. The molecule has 0 spiro atoms. The molecule has 0 unspecified atom stereocenters. The standard InChI is InChI=1S/C19H23N5O5/c1-28-15-4-3-13(9-16(15)29-2)10-17(25)23-5-7-24(8-6-23)19-20-11-14(12-21-19)18(26)22-27/h3-4,9,11-12,27H,5-8,10H2,1-2H3,(H,22,26). The number of benzene rings is 1. The molecule has 1 aliphatic rings. The molecule has 10 heteroatoms. The fourth-order valence-electron chi connectivity index (χ4n) is 3.10. The number of ether oxygens (including phenoxy) is 2. The van der Waals surface area contributed by atoms with Crippen LogP contribution in [0.15, 0.2) is 30.6 Å². The summed E-state index contributed by atoms with van der Waals surface area (Å²) in [7, 11) is 3.13. The predicted octanol–water partition coefficient (Wildman–Crippen LogP) is 0.504. The Morgan fingerprint density at radius 2 is 1.72 bits per heavy atom. The summed E-state index contributed by atoms with van der Waals surface area (Å²) in [5, 5.41) is 8.63. The molecule has 0 atom stereocenters. The van der Waals surface area contributed by atoms with Gasteiger partial charge in [0.1, 0.15) is 0 Å². The number of aromatic nitrogens is 2. The first-order chi connectivity index (χ1) is 14.0. The van der Waals surface area contributed by atoms with Crippen LogP contribution in [-0.2, 0) is 11.2 Å². The van der Waals surface area contributed by atoms with Crippen molar-refractivity contribution in [3.8, 4) is 11.5 Å². The lowest BCUT2D eigenvalue weighted by Gasteiger charge is -2.34. The Morgan fingerprint density at radius 1 is 1.07 bits per heavy atom. The molecule has 0 bridgehead atoms. The summed E-state index contributed by atoms with van der Waals surface area (Å²) in [6.07, 6.45) is 2.98. The number of nitrogens with one attached hydrogen (secondary N) is 1. The topological polar surface area (TPSA) is 117 Å². The van der Waals surface area contributed by atoms with E-state index in [-0.39, 0.29) is 17.9 Å². The van der Waals surface area contributed by atoms with Crippen LogP contribution in [-0.4, -0.2) is 72.3 Å². The second-order valence-corrected chi connectivity index (χ2v) is 6.45. The Hall–Kier alpha value is -3.40. The molecule has 1 saturated heterocycles. The van der Waals surface area contributed by atoms with Crippen molar-refractivity contribution >= 4 is 17.8 Å². The maximum atomic E-state index is 12.7. The molecule has 1 aliphatic heterocycles. The molecule has 29 heavy (non-hydrogen) atoms. The molecular formula is C19H23N5O5. The average molecular weight is 401 g/mol. The van der Waals surface area contributed by atoms with Gasteiger partial charge < -0.3 is 19.3 Å². The van der Waals surface area contributed by atoms with Gasteiger partial charge >= 0.3 is 0 Å². The summed E-state index contributed by atoms with van der Waals surface area (Å²) in [5.74, 6) is 1.07. The molecule has 2 heterocycles. The van der Waals surface area contributed by atoms with Crippen LogP contribution in [0.2, 0.25) is 0 Å². The third-order valence-corrected chi connectivity index (χ3v) is 4.72. The number of hydrogen-bond acceptors (Lipinski definition) is 8. The van der Waals surface area contributed by atoms with Gasteiger partial charge in [0.05, 0.1) is 26.2 Å². The van der Waals surface area contributed by atoms with Gasteiger partial charge in [0, 0.05) is 38.6 Å². The minimum Gasteiger partial charge on any atom is -0.493 e. The van der Waals surface area contributed by atoms with Crippen molar-refractivity contribution in [2.24, 2.45) is 0 Å². The van der Waals surface area contributed by atoms with Crippen LogP contribution in [0.1, 0.15) is 15.9 Å². The highest BCUT2D eigenvalue weighted by molar-refractivity contribution is 5.92. The second kappa shape index (κ2) is 9.20. The predicted molar refractivity (Wildman–Crippen MR) is 103 cm³/mol. The molecular weight excluding hydrogens is 378 g/mol. The quantitative estimate of drug-likeness (QED) is 0.531. The van der Waals surface area contributed by atoms with Crippen LogP contribution in [0.3, 0.4) is 0 Å². The molecule has 3 rings (SSSR count). The van der Waals surface area contributed by atoms with Gasteiger partial charge in [-0.25, -0.2) is 15.4 Å². The molecule has 154 valence electrons. The zero-order chi connectivity index (χ0) is 20.8. The van der Waals surface area contributed by atoms with E-state index < -0.39 is 5.91 Å². The highest BCUT2D eigenvalue weighted by Gasteiger charge is 2.23. The van der Waals surface area contributed by atoms with E-state index in [2.05, 4.69) is 9.97 Å². The third kappa shape index (κ3) is 4.72. The second-order valence-electron chi connectivity index (χ2n) is 6.45. The van der Waals surface area contributed by atoms with Crippen molar-refractivity contribution in [2.75, 3.05) is 45.3 Å². The summed E-state index contributed by atoms with van der Waals surface area (Å²) in [4.78, 5) is 36.1. The number of amides is 2. The smallest absolute Gasteiger partial charge is 0.277 e. The van der Waals surface area contributed by atoms with Gasteiger partial charge in [-0.05, 0) is 17.7 Å². The molecule has 0 radical (unpaired) electrons. The molecule has 1 aromatic heterocycles. The van der Waals surface area contributed by atoms with E-state index in [9.17, 15) is 9.59 Å². The van der Waals surface area contributed by atoms with Crippen LogP contribution >= 0.6 is 0 Å². The van der Waals surface area contributed by atoms with Crippen molar-refractivity contribution in [1.82, 2.24) is 20.3 Å². The van der Waals surface area contributed by atoms with Gasteiger partial charge in [-0.15, -0.1) is 0 Å². The van der Waals surface area contributed by atoms with Crippen molar-refractivity contribution in [3.05, 3.63) is 41.7 Å². The highest BCUT2D eigenvalue weighted by Crippen LogP contribution is 2.28. The Balaban J connectivity index is 1.56. The summed E-state index contributed by atoms with van der Waals surface area (Å²) >= 11 is 0. The lowest BCUT2D eigenvalue weighted by molar-refractivity contribution is -0.130. The number of nitrogens with zero attached hydrogens (tertiary/aromatic N) is 4. The van der Waals surface area contributed by atoms with Gasteiger partial charge in [0.2, 0.25) is 11.9 Å². The molecule has 1 fully saturated rings. The highest BCUT2D eigenvalue weighted by atomic mass is 16.5. The number of hydrogen-bond donors (Lipinski definition) is 2. The average Bonchev–Trinajstić information content (AvgIpc) is 2.78. The molecule has 2 N–H and O–H groups in total. The number of hydroxylamine groups is 1. The van der Waals surface area contributed by atoms with E-state index in [1.165, 1.54) is 12.4 Å². The molecule has 10 nitrogen and oxygen atoms in total. The molecule has 2 amide bonds. The first-order valence-corrected chi connectivity index (χ1v) is 9.05. The van der Waals surface area contributed by atoms with E-state index in [0.717, 1.165) is 5.56 Å². The zero-order valence-electron chi connectivity index (χ0n) is 16.3. The van der Waals surface area contributed by atoms with Crippen LogP contribution in [0.5, 0.6) is 11.5 Å². The normalized spacial score (nSPS) is 13.8. The summed E-state index contributed by atoms with van der Waals surface area (Å²) in [6.45, 7) is 2.27. The van der Waals surface area contributed by atoms with Crippen molar-refractivity contribution in [1.29, 1.82) is 0 Å². The Bertz CT molecular complexity index is 866. The van der Waals surface area contributed by atoms with Gasteiger partial charge in [0.15, 0.2) is 11.5 Å². The van der Waals surface area contributed by atoms with Gasteiger partial charge in [-0.3, -0.25) is 14.8 Å². The minimum absolute atomic E-state index is 0.0350. The molecule has 0 saturated carbocycles. The number of piperazine rings is 1. The van der Waals surface area contributed by atoms with Gasteiger partial charge in [-0.2, -0.15) is 0 Å². The lowest BCUT2D eigenvalue weighted by atomic mass is 10.1. The Morgan fingerprint density at radius 3 is 2.31 bits per heavy atom. The van der Waals surface area contributed by atoms with Crippen LogP contribution in [0.4, 0.5) is 5.95 Å². The van der Waals surface area contributed by atoms with E-state index in [0.29, 0.717) is 43.6 Å². The summed E-state index contributed by atoms with van der Waals surface area (Å²) < 4.78 is 10.5. The number of anilines is 1. The fourth-order valence-corrected chi connectivity index (χ4v) is 3.10. The summed E-state index contributed by atoms with van der Waals surface area (Å²) in [6, 6.07) is 5.45. The number of carbonyl (C=O) groups excluding carboxylic acids is 2. The molecule has 2 aromatic rings. The number of carbonyl (C=O) groups is 2. The van der Waals surface area contributed by atoms with E-state index >= 15 is 0 Å². The van der Waals surface area contributed by atoms with Crippen molar-refractivity contribution in [3.63, 3.8) is 0 Å². The van der Waals surface area contributed by atoms with Gasteiger partial charge in [0.25, 0.3) is 5.91 Å². The van der Waals surface area contributed by atoms with E-state index in [1.54, 1.807) is 30.7 Å². The first-order valence-electron chi connectivity index (χ1n) is 9.05. The van der Waals surface area contributed by atoms with E-state index in [4.69, 9.17) is 14.7 Å². The van der Waals surface area contributed by atoms with E-state index in [1.807, 2.05) is 17.0 Å². The van der Waals surface area contributed by atoms with Crippen LogP contribution in [0, 0.1) is 0 Å². The van der Waals surface area contributed by atoms with Crippen LogP contribution in [0.25, 0.3) is 0 Å². The Labute approximate surface area is 168 Å². The third-order valence-electron chi connectivity index (χ3n) is 4.72. The monoisotopic (exact) mass is 401 g/mol. The fraction of sp³-hybridized carbons (Fsp3) is 0.368. The molecule has 1 aromatic carbocycles. The van der Waals surface area contributed by atoms with Gasteiger partial charge in [-0.1, -0.05) is 6.07 Å². The molecule has 0 aliphatic carbocycles. The van der Waals surface area contributed by atoms with Crippen molar-refractivity contribution in [2.45, 2.75) is 6.42 Å². The lowest BCUT2D eigenvalue weighted by Crippen LogP contribution is -2.49. The summed E-state index contributed by atoms with van der Waals surface area (Å²) in [5.41, 5.74) is 2.56. The largest absolute Gasteiger partial charge is 0.493 e. The number of methoxy groups -OCH3 is 2. The van der Waals surface area contributed by atoms with Crippen LogP contribution < -0.4 is 19.9 Å². The van der Waals surface area contributed by atoms with Crippen molar-refractivity contribution < 1.29 is 24.3 Å². The zero-order valence-corrected chi connectivity index (χ0v) is 16.3.